The smallest absolute Gasteiger partial charge is 0.122 e. The normalized spacial score (nSPS) is 9.81. The van der Waals surface area contributed by atoms with Crippen LogP contribution in [0.1, 0.15) is 44.2 Å². The van der Waals surface area contributed by atoms with Gasteiger partial charge in [0.2, 0.25) is 0 Å². The number of ether oxygens (including phenoxy) is 1. The van der Waals surface area contributed by atoms with Gasteiger partial charge in [-0.2, -0.15) is 0 Å². The molecule has 0 amide bonds. The number of methoxy groups -OCH3 is 1. The molecule has 0 N–H and O–H groups in total. The van der Waals surface area contributed by atoms with Crippen LogP contribution in [0, 0.1) is 11.8 Å². The van der Waals surface area contributed by atoms with Crippen LogP contribution in [0.5, 0.6) is 5.75 Å². The van der Waals surface area contributed by atoms with Gasteiger partial charge in [0.15, 0.2) is 0 Å². The highest BCUT2D eigenvalue weighted by Gasteiger charge is 2.07. The van der Waals surface area contributed by atoms with E-state index in [0.717, 1.165) is 18.6 Å². The Morgan fingerprint density at radius 2 is 2.06 bits per heavy atom. The molecule has 0 fully saturated rings. The van der Waals surface area contributed by atoms with Crippen molar-refractivity contribution in [1.29, 1.82) is 0 Å². The molecule has 1 rings (SSSR count). The molecule has 1 nitrogen and oxygen atoms in total. The van der Waals surface area contributed by atoms with E-state index in [1.807, 2.05) is 6.92 Å². The van der Waals surface area contributed by atoms with E-state index >= 15 is 0 Å². The average molecular weight is 216 g/mol. The fourth-order valence-corrected chi connectivity index (χ4v) is 1.72. The maximum Gasteiger partial charge on any atom is 0.122 e. The second-order valence-corrected chi connectivity index (χ2v) is 4.16. The van der Waals surface area contributed by atoms with Crippen molar-refractivity contribution in [1.82, 2.24) is 0 Å². The third kappa shape index (κ3) is 3.31. The Labute approximate surface area is 98.8 Å². The van der Waals surface area contributed by atoms with E-state index in [0.29, 0.717) is 5.92 Å². The van der Waals surface area contributed by atoms with Crippen LogP contribution < -0.4 is 4.74 Å². The van der Waals surface area contributed by atoms with Crippen molar-refractivity contribution in [3.63, 3.8) is 0 Å². The van der Waals surface area contributed by atoms with Crippen molar-refractivity contribution in [3.05, 3.63) is 29.3 Å². The molecular formula is C15H20O. The van der Waals surface area contributed by atoms with Crippen molar-refractivity contribution in [2.45, 2.75) is 39.5 Å². The zero-order valence-electron chi connectivity index (χ0n) is 10.6. The zero-order chi connectivity index (χ0) is 12.0. The van der Waals surface area contributed by atoms with Crippen LogP contribution in [0.2, 0.25) is 0 Å². The highest BCUT2D eigenvalue weighted by atomic mass is 16.5. The predicted molar refractivity (Wildman–Crippen MR) is 68.9 cm³/mol. The Kier molecular flexibility index (Phi) is 4.92. The van der Waals surface area contributed by atoms with E-state index in [-0.39, 0.29) is 0 Å². The Morgan fingerprint density at radius 3 is 2.62 bits per heavy atom. The highest BCUT2D eigenvalue weighted by Crippen LogP contribution is 2.27. The van der Waals surface area contributed by atoms with Crippen LogP contribution in [0.15, 0.2) is 18.2 Å². The molecule has 0 spiro atoms. The van der Waals surface area contributed by atoms with Crippen molar-refractivity contribution in [2.75, 3.05) is 7.11 Å². The van der Waals surface area contributed by atoms with E-state index in [2.05, 4.69) is 43.9 Å². The first-order valence-corrected chi connectivity index (χ1v) is 5.75. The molecule has 0 atom stereocenters. The highest BCUT2D eigenvalue weighted by molar-refractivity contribution is 5.39. The Hall–Kier alpha value is -1.42. The van der Waals surface area contributed by atoms with Crippen molar-refractivity contribution >= 4 is 0 Å². The molecule has 16 heavy (non-hydrogen) atoms. The molecule has 0 saturated heterocycles. The molecule has 0 radical (unpaired) electrons. The summed E-state index contributed by atoms with van der Waals surface area (Å²) in [7, 11) is 1.73. The van der Waals surface area contributed by atoms with Crippen LogP contribution in [0.4, 0.5) is 0 Å². The van der Waals surface area contributed by atoms with E-state index < -0.39 is 0 Å². The second-order valence-electron chi connectivity index (χ2n) is 4.16. The minimum Gasteiger partial charge on any atom is -0.496 e. The van der Waals surface area contributed by atoms with Gasteiger partial charge in [-0.1, -0.05) is 26.0 Å². The number of rotatable bonds is 4. The summed E-state index contributed by atoms with van der Waals surface area (Å²) in [4.78, 5) is 0. The standard InChI is InChI=1S/C15H20O/c1-5-6-7-8-13-9-10-15(16-4)14(11-13)12(2)3/h9-12H,7-8H2,1-4H3. The van der Waals surface area contributed by atoms with Crippen LogP contribution in [-0.4, -0.2) is 7.11 Å². The molecule has 0 aliphatic rings. The number of hydrogen-bond acceptors (Lipinski definition) is 1. The van der Waals surface area contributed by atoms with Crippen LogP contribution >= 0.6 is 0 Å². The summed E-state index contributed by atoms with van der Waals surface area (Å²) in [6.07, 6.45) is 1.95. The van der Waals surface area contributed by atoms with Gasteiger partial charge < -0.3 is 4.74 Å². The number of benzene rings is 1. The molecule has 1 aromatic rings. The summed E-state index contributed by atoms with van der Waals surface area (Å²) in [6.45, 7) is 6.26. The minimum atomic E-state index is 0.493. The lowest BCUT2D eigenvalue weighted by Crippen LogP contribution is -1.96. The third-order valence-electron chi connectivity index (χ3n) is 2.63. The van der Waals surface area contributed by atoms with Crippen molar-refractivity contribution in [2.24, 2.45) is 0 Å². The third-order valence-corrected chi connectivity index (χ3v) is 2.63. The van der Waals surface area contributed by atoms with Crippen LogP contribution in [-0.2, 0) is 6.42 Å². The van der Waals surface area contributed by atoms with Gasteiger partial charge in [-0.25, -0.2) is 0 Å². The maximum atomic E-state index is 5.36. The van der Waals surface area contributed by atoms with Gasteiger partial charge in [0, 0.05) is 6.42 Å². The fraction of sp³-hybridized carbons (Fsp3) is 0.467. The summed E-state index contributed by atoms with van der Waals surface area (Å²) in [5.41, 5.74) is 2.62. The maximum absolute atomic E-state index is 5.36. The first kappa shape index (κ1) is 12.6. The SMILES string of the molecule is CC#CCCc1ccc(OC)c(C(C)C)c1. The van der Waals surface area contributed by atoms with Crippen LogP contribution in [0.25, 0.3) is 0 Å². The van der Waals surface area contributed by atoms with E-state index in [9.17, 15) is 0 Å². The van der Waals surface area contributed by atoms with Gasteiger partial charge in [-0.05, 0) is 36.5 Å². The van der Waals surface area contributed by atoms with Gasteiger partial charge in [-0.3, -0.25) is 0 Å². The van der Waals surface area contributed by atoms with Gasteiger partial charge in [-0.15, -0.1) is 11.8 Å². The van der Waals surface area contributed by atoms with E-state index in [1.165, 1.54) is 11.1 Å². The molecular weight excluding hydrogens is 196 g/mol. The van der Waals surface area contributed by atoms with E-state index in [4.69, 9.17) is 4.74 Å². The molecule has 0 unspecified atom stereocenters. The minimum absolute atomic E-state index is 0.493. The quantitative estimate of drug-likeness (QED) is 0.696. The summed E-state index contributed by atoms with van der Waals surface area (Å²) in [5.74, 6) is 7.50. The molecule has 86 valence electrons. The Bertz CT molecular complexity index is 394. The van der Waals surface area contributed by atoms with Crippen LogP contribution in [0.3, 0.4) is 0 Å². The molecule has 0 heterocycles. The number of aryl methyl sites for hydroxylation is 1. The predicted octanol–water partition coefficient (Wildman–Crippen LogP) is 3.77. The van der Waals surface area contributed by atoms with Crippen molar-refractivity contribution in [3.8, 4) is 17.6 Å². The summed E-state index contributed by atoms with van der Waals surface area (Å²) >= 11 is 0. The topological polar surface area (TPSA) is 9.23 Å². The van der Waals surface area contributed by atoms with Gasteiger partial charge in [0.1, 0.15) is 5.75 Å². The summed E-state index contributed by atoms with van der Waals surface area (Å²) in [5, 5.41) is 0. The molecule has 1 heteroatoms. The Balaban J connectivity index is 2.87. The first-order chi connectivity index (χ1) is 7.69. The molecule has 1 aromatic carbocycles. The van der Waals surface area contributed by atoms with Gasteiger partial charge in [0.05, 0.1) is 7.11 Å². The lowest BCUT2D eigenvalue weighted by Gasteiger charge is -2.13. The average Bonchev–Trinajstić information content (AvgIpc) is 2.29. The monoisotopic (exact) mass is 216 g/mol. The largest absolute Gasteiger partial charge is 0.496 e. The van der Waals surface area contributed by atoms with E-state index in [1.54, 1.807) is 7.11 Å². The lowest BCUT2D eigenvalue weighted by molar-refractivity contribution is 0.407. The Morgan fingerprint density at radius 1 is 1.31 bits per heavy atom. The molecule has 0 bridgehead atoms. The molecule has 0 saturated carbocycles. The van der Waals surface area contributed by atoms with Gasteiger partial charge >= 0.3 is 0 Å². The first-order valence-electron chi connectivity index (χ1n) is 5.75. The number of hydrogen-bond donors (Lipinski definition) is 0. The lowest BCUT2D eigenvalue weighted by atomic mass is 9.98. The summed E-state index contributed by atoms with van der Waals surface area (Å²) in [6, 6.07) is 6.42. The molecule has 0 aliphatic carbocycles. The molecule has 0 aliphatic heterocycles. The zero-order valence-corrected chi connectivity index (χ0v) is 10.6. The van der Waals surface area contributed by atoms with Gasteiger partial charge in [0.25, 0.3) is 0 Å². The molecule has 0 aromatic heterocycles. The summed E-state index contributed by atoms with van der Waals surface area (Å²) < 4.78 is 5.36. The van der Waals surface area contributed by atoms with Crippen molar-refractivity contribution < 1.29 is 4.74 Å². The fourth-order valence-electron chi connectivity index (χ4n) is 1.72. The second kappa shape index (κ2) is 6.23.